The van der Waals surface area contributed by atoms with E-state index in [1.54, 1.807) is 4.57 Å². The number of hydrogen-bond donors (Lipinski definition) is 1. The molecule has 4 rings (SSSR count). The number of carbonyl (C=O) groups excluding carboxylic acids is 1. The summed E-state index contributed by atoms with van der Waals surface area (Å²) in [6.45, 7) is -0.00714. The average molecular weight is 462 g/mol. The molecule has 0 aliphatic carbocycles. The minimum absolute atomic E-state index is 0.0369. The van der Waals surface area contributed by atoms with Gasteiger partial charge in [0.2, 0.25) is 24.2 Å². The number of guanidine groups is 1. The Bertz CT molecular complexity index is 1320. The fraction of sp³-hybridized carbons (Fsp3) is 0.368. The van der Waals surface area contributed by atoms with Gasteiger partial charge in [-0.05, 0) is 17.7 Å². The van der Waals surface area contributed by atoms with Crippen LogP contribution in [0.25, 0.3) is 0 Å². The predicted octanol–water partition coefficient (Wildman–Crippen LogP) is -0.302. The van der Waals surface area contributed by atoms with E-state index in [2.05, 4.69) is 15.0 Å². The van der Waals surface area contributed by atoms with Gasteiger partial charge in [-0.2, -0.15) is 18.4 Å². The Hall–Kier alpha value is -3.45. The number of hydrogen-bond acceptors (Lipinski definition) is 7. The number of benzene rings is 1. The number of amidine groups is 1. The highest BCUT2D eigenvalue weighted by Crippen LogP contribution is 2.33. The van der Waals surface area contributed by atoms with E-state index < -0.39 is 21.8 Å². The SMILES string of the molecule is CN1C(=O)C(N=c2n(C)cc(Cc3ccc4c(c3)OCO4)n2C)=NC1=NCCS(=O)(=O)O. The molecule has 3 heterocycles. The maximum atomic E-state index is 12.5. The van der Waals surface area contributed by atoms with Crippen LogP contribution in [0, 0.1) is 0 Å². The largest absolute Gasteiger partial charge is 0.454 e. The molecule has 13 heteroatoms. The smallest absolute Gasteiger partial charge is 0.298 e. The fourth-order valence-corrected chi connectivity index (χ4v) is 3.66. The lowest BCUT2D eigenvalue weighted by atomic mass is 10.1. The summed E-state index contributed by atoms with van der Waals surface area (Å²) in [7, 11) is 0.970. The molecule has 12 nitrogen and oxygen atoms in total. The van der Waals surface area contributed by atoms with Crippen LogP contribution >= 0.6 is 0 Å². The Morgan fingerprint density at radius 1 is 1.19 bits per heavy atom. The van der Waals surface area contributed by atoms with Crippen molar-refractivity contribution in [3.63, 3.8) is 0 Å². The molecule has 2 aliphatic heterocycles. The number of carbonyl (C=O) groups is 1. The van der Waals surface area contributed by atoms with Crippen molar-refractivity contribution >= 4 is 27.8 Å². The van der Waals surface area contributed by atoms with Gasteiger partial charge in [0.25, 0.3) is 16.0 Å². The zero-order chi connectivity index (χ0) is 23.0. The lowest BCUT2D eigenvalue weighted by molar-refractivity contribution is -0.119. The third-order valence-electron chi connectivity index (χ3n) is 5.02. The van der Waals surface area contributed by atoms with Gasteiger partial charge in [0.05, 0.1) is 12.3 Å². The van der Waals surface area contributed by atoms with Crippen molar-refractivity contribution in [2.24, 2.45) is 29.1 Å². The quantitative estimate of drug-likeness (QED) is 0.605. The molecule has 0 fully saturated rings. The summed E-state index contributed by atoms with van der Waals surface area (Å²) in [5.74, 6) is 0.378. The molecular weight excluding hydrogens is 440 g/mol. The van der Waals surface area contributed by atoms with Gasteiger partial charge < -0.3 is 18.6 Å². The van der Waals surface area contributed by atoms with Crippen LogP contribution in [0.1, 0.15) is 11.3 Å². The molecule has 2 aliphatic rings. The maximum absolute atomic E-state index is 12.5. The zero-order valence-corrected chi connectivity index (χ0v) is 18.5. The summed E-state index contributed by atoms with van der Waals surface area (Å²) in [6.07, 6.45) is 2.52. The second-order valence-corrected chi connectivity index (χ2v) is 8.91. The molecule has 0 spiro atoms. The zero-order valence-electron chi connectivity index (χ0n) is 17.7. The number of aryl methyl sites for hydroxylation is 1. The first-order chi connectivity index (χ1) is 15.1. The van der Waals surface area contributed by atoms with Gasteiger partial charge in [0.15, 0.2) is 11.5 Å². The highest BCUT2D eigenvalue weighted by Gasteiger charge is 2.28. The van der Waals surface area contributed by atoms with E-state index in [1.165, 1.54) is 11.9 Å². The molecule has 0 atom stereocenters. The summed E-state index contributed by atoms with van der Waals surface area (Å²) in [4.78, 5) is 26.2. The predicted molar refractivity (Wildman–Crippen MR) is 114 cm³/mol. The molecule has 0 bridgehead atoms. The first-order valence-electron chi connectivity index (χ1n) is 9.63. The third kappa shape index (κ3) is 4.43. The first kappa shape index (κ1) is 21.8. The number of amides is 1. The van der Waals surface area contributed by atoms with Gasteiger partial charge in [0, 0.05) is 39.5 Å². The molecule has 1 amide bonds. The van der Waals surface area contributed by atoms with Crippen molar-refractivity contribution in [2.45, 2.75) is 6.42 Å². The number of imidazole rings is 1. The molecule has 32 heavy (non-hydrogen) atoms. The van der Waals surface area contributed by atoms with Crippen LogP contribution in [-0.2, 0) is 35.4 Å². The van der Waals surface area contributed by atoms with E-state index in [0.29, 0.717) is 17.8 Å². The van der Waals surface area contributed by atoms with Gasteiger partial charge in [0.1, 0.15) is 0 Å². The van der Waals surface area contributed by atoms with E-state index in [0.717, 1.165) is 17.0 Å². The third-order valence-corrected chi connectivity index (χ3v) is 5.72. The number of aliphatic imine (C=N–C) groups is 2. The lowest BCUT2D eigenvalue weighted by Gasteiger charge is -2.06. The Labute approximate surface area is 183 Å². The first-order valence-corrected chi connectivity index (χ1v) is 11.2. The van der Waals surface area contributed by atoms with E-state index in [-0.39, 0.29) is 25.1 Å². The topological polar surface area (TPSA) is 140 Å². The Morgan fingerprint density at radius 2 is 1.94 bits per heavy atom. The molecule has 0 saturated carbocycles. The van der Waals surface area contributed by atoms with Crippen LogP contribution in [0.3, 0.4) is 0 Å². The Morgan fingerprint density at radius 3 is 2.69 bits per heavy atom. The van der Waals surface area contributed by atoms with Crippen molar-refractivity contribution in [3.8, 4) is 11.5 Å². The standard InChI is InChI=1S/C19H22N6O6S/c1-23-10-13(8-12-4-5-14-15(9-12)31-11-30-14)24(2)19(23)22-16-17(26)25(3)18(21-16)20-6-7-32(27,28)29/h4-5,9-10H,6-8,11H2,1-3H3,(H,27,28,29). The number of likely N-dealkylation sites (N-methyl/N-ethyl adjacent to an activating group) is 1. The van der Waals surface area contributed by atoms with Gasteiger partial charge in [-0.3, -0.25) is 14.2 Å². The summed E-state index contributed by atoms with van der Waals surface area (Å²) in [5, 5.41) is 0. The van der Waals surface area contributed by atoms with Crippen LogP contribution in [-0.4, -0.2) is 70.8 Å². The van der Waals surface area contributed by atoms with Crippen LogP contribution < -0.4 is 15.1 Å². The highest BCUT2D eigenvalue weighted by atomic mass is 32.2. The molecule has 1 aromatic carbocycles. The van der Waals surface area contributed by atoms with E-state index in [9.17, 15) is 13.2 Å². The van der Waals surface area contributed by atoms with Crippen LogP contribution in [0.2, 0.25) is 0 Å². The molecular formula is C19H22N6O6S. The Kier molecular flexibility index (Phi) is 5.60. The fourth-order valence-electron chi connectivity index (χ4n) is 3.34. The minimum Gasteiger partial charge on any atom is -0.454 e. The van der Waals surface area contributed by atoms with E-state index in [1.807, 2.05) is 43.1 Å². The van der Waals surface area contributed by atoms with E-state index in [4.69, 9.17) is 14.0 Å². The van der Waals surface area contributed by atoms with Gasteiger partial charge in [-0.15, -0.1) is 0 Å². The molecule has 1 aromatic heterocycles. The molecule has 2 aromatic rings. The molecule has 170 valence electrons. The van der Waals surface area contributed by atoms with Crippen molar-refractivity contribution in [2.75, 3.05) is 26.1 Å². The second kappa shape index (κ2) is 8.24. The van der Waals surface area contributed by atoms with Crippen molar-refractivity contribution in [1.82, 2.24) is 14.0 Å². The number of rotatable bonds is 5. The van der Waals surface area contributed by atoms with Crippen molar-refractivity contribution in [1.29, 1.82) is 0 Å². The Balaban J connectivity index is 1.60. The number of fused-ring (bicyclic) bond motifs is 1. The summed E-state index contributed by atoms with van der Waals surface area (Å²) >= 11 is 0. The van der Waals surface area contributed by atoms with Crippen molar-refractivity contribution < 1.29 is 27.2 Å². The van der Waals surface area contributed by atoms with E-state index >= 15 is 0 Å². The minimum atomic E-state index is -4.15. The van der Waals surface area contributed by atoms with Gasteiger partial charge in [-0.25, -0.2) is 4.99 Å². The van der Waals surface area contributed by atoms with Crippen LogP contribution in [0.4, 0.5) is 0 Å². The highest BCUT2D eigenvalue weighted by molar-refractivity contribution is 7.85. The molecule has 0 radical (unpaired) electrons. The molecule has 0 saturated heterocycles. The number of nitrogens with zero attached hydrogens (tertiary/aromatic N) is 6. The maximum Gasteiger partial charge on any atom is 0.298 e. The lowest BCUT2D eigenvalue weighted by Crippen LogP contribution is -2.31. The second-order valence-electron chi connectivity index (χ2n) is 7.33. The molecule has 0 unspecified atom stereocenters. The van der Waals surface area contributed by atoms with Gasteiger partial charge >= 0.3 is 0 Å². The monoisotopic (exact) mass is 462 g/mol. The summed E-state index contributed by atoms with van der Waals surface area (Å²) < 4.78 is 44.9. The average Bonchev–Trinajstić information content (AvgIpc) is 3.36. The van der Waals surface area contributed by atoms with Gasteiger partial charge in [-0.1, -0.05) is 6.07 Å². The summed E-state index contributed by atoms with van der Waals surface area (Å²) in [6, 6.07) is 5.77. The summed E-state index contributed by atoms with van der Waals surface area (Å²) in [5.41, 5.74) is 2.48. The van der Waals surface area contributed by atoms with Crippen molar-refractivity contribution in [3.05, 3.63) is 41.3 Å². The normalized spacial score (nSPS) is 17.6. The van der Waals surface area contributed by atoms with Crippen LogP contribution in [0.5, 0.6) is 11.5 Å². The number of aromatic nitrogens is 2. The molecule has 1 N–H and O–H groups in total. The number of ether oxygens (including phenoxy) is 2. The van der Waals surface area contributed by atoms with Crippen LogP contribution in [0.15, 0.2) is 39.4 Å².